The maximum Gasteiger partial charge on any atom is 0.163 e. The summed E-state index contributed by atoms with van der Waals surface area (Å²) in [6, 6.07) is 9.01. The summed E-state index contributed by atoms with van der Waals surface area (Å²) in [6.45, 7) is 2.47. The van der Waals surface area contributed by atoms with Crippen molar-refractivity contribution in [2.45, 2.75) is 19.8 Å². The highest BCUT2D eigenvalue weighted by Gasteiger charge is 2.08. The van der Waals surface area contributed by atoms with Crippen LogP contribution in [0.1, 0.15) is 30.1 Å². The van der Waals surface area contributed by atoms with Gasteiger partial charge in [0.05, 0.1) is 0 Å². The zero-order valence-corrected chi connectivity index (χ0v) is 9.44. The van der Waals surface area contributed by atoms with E-state index in [0.717, 1.165) is 0 Å². The number of hydrogen-bond donors (Lipinski definition) is 0. The Kier molecular flexibility index (Phi) is 5.43. The summed E-state index contributed by atoms with van der Waals surface area (Å²) in [4.78, 5) is 22.9. The first-order chi connectivity index (χ1) is 7.74. The molecule has 3 nitrogen and oxygen atoms in total. The van der Waals surface area contributed by atoms with Gasteiger partial charge in [0.1, 0.15) is 6.61 Å². The summed E-state index contributed by atoms with van der Waals surface area (Å²) in [5, 5.41) is 0. The fourth-order valence-corrected chi connectivity index (χ4v) is 1.31. The predicted octanol–water partition coefficient (Wildman–Crippen LogP) is 2.26. The minimum atomic E-state index is -0.0221. The maximum absolute atomic E-state index is 11.6. The SMILES string of the molecule is CCOCC(=O)CCC(=O)c1ccccc1. The smallest absolute Gasteiger partial charge is 0.163 e. The Balaban J connectivity index is 2.33. The van der Waals surface area contributed by atoms with E-state index in [1.807, 2.05) is 25.1 Å². The van der Waals surface area contributed by atoms with Gasteiger partial charge in [0, 0.05) is 25.0 Å². The van der Waals surface area contributed by atoms with Crippen molar-refractivity contribution in [3.63, 3.8) is 0 Å². The molecule has 0 fully saturated rings. The van der Waals surface area contributed by atoms with Gasteiger partial charge < -0.3 is 4.74 Å². The molecule has 0 saturated carbocycles. The molecule has 0 unspecified atom stereocenters. The Morgan fingerprint density at radius 2 is 1.81 bits per heavy atom. The van der Waals surface area contributed by atoms with Crippen LogP contribution in [0.25, 0.3) is 0 Å². The fourth-order valence-electron chi connectivity index (χ4n) is 1.31. The van der Waals surface area contributed by atoms with E-state index in [1.54, 1.807) is 12.1 Å². The van der Waals surface area contributed by atoms with Crippen LogP contribution in [0.2, 0.25) is 0 Å². The second kappa shape index (κ2) is 6.90. The molecule has 0 heterocycles. The fraction of sp³-hybridized carbons (Fsp3) is 0.385. The van der Waals surface area contributed by atoms with E-state index in [2.05, 4.69) is 0 Å². The molecule has 0 aromatic heterocycles. The van der Waals surface area contributed by atoms with Crippen molar-refractivity contribution in [2.24, 2.45) is 0 Å². The molecule has 1 aromatic carbocycles. The first-order valence-corrected chi connectivity index (χ1v) is 5.41. The van der Waals surface area contributed by atoms with Crippen LogP contribution in [-0.2, 0) is 9.53 Å². The Hall–Kier alpha value is -1.48. The Bertz CT molecular complexity index is 343. The van der Waals surface area contributed by atoms with Gasteiger partial charge in [0.25, 0.3) is 0 Å². The number of rotatable bonds is 7. The van der Waals surface area contributed by atoms with Crippen LogP contribution in [0.5, 0.6) is 0 Å². The average Bonchev–Trinajstić information content (AvgIpc) is 2.34. The molecule has 0 bridgehead atoms. The number of ketones is 2. The summed E-state index contributed by atoms with van der Waals surface area (Å²) in [6.07, 6.45) is 0.518. The Labute approximate surface area is 95.4 Å². The Morgan fingerprint density at radius 3 is 2.44 bits per heavy atom. The first-order valence-electron chi connectivity index (χ1n) is 5.41. The highest BCUT2D eigenvalue weighted by atomic mass is 16.5. The standard InChI is InChI=1S/C13H16O3/c1-2-16-10-12(14)8-9-13(15)11-6-4-3-5-7-11/h3-7H,2,8-10H2,1H3. The number of benzene rings is 1. The largest absolute Gasteiger partial charge is 0.374 e. The van der Waals surface area contributed by atoms with Gasteiger partial charge >= 0.3 is 0 Å². The van der Waals surface area contributed by atoms with Crippen molar-refractivity contribution in [1.82, 2.24) is 0 Å². The van der Waals surface area contributed by atoms with Crippen molar-refractivity contribution < 1.29 is 14.3 Å². The lowest BCUT2D eigenvalue weighted by atomic mass is 10.1. The third-order valence-corrected chi connectivity index (χ3v) is 2.19. The maximum atomic E-state index is 11.6. The molecule has 0 atom stereocenters. The summed E-state index contributed by atoms with van der Waals surface area (Å²) >= 11 is 0. The van der Waals surface area contributed by atoms with Crippen LogP contribution in [-0.4, -0.2) is 24.8 Å². The molecule has 0 aliphatic carbocycles. The molecule has 1 aromatic rings. The second-order valence-electron chi connectivity index (χ2n) is 3.47. The number of hydrogen-bond acceptors (Lipinski definition) is 3. The van der Waals surface area contributed by atoms with E-state index in [1.165, 1.54) is 0 Å². The van der Waals surface area contributed by atoms with Gasteiger partial charge in [-0.15, -0.1) is 0 Å². The first kappa shape index (κ1) is 12.6. The van der Waals surface area contributed by atoms with E-state index < -0.39 is 0 Å². The quantitative estimate of drug-likeness (QED) is 0.662. The molecule has 0 aliphatic rings. The predicted molar refractivity (Wildman–Crippen MR) is 61.5 cm³/mol. The van der Waals surface area contributed by atoms with Crippen LogP contribution in [0.15, 0.2) is 30.3 Å². The summed E-state index contributed by atoms with van der Waals surface area (Å²) in [5.74, 6) is -0.0171. The molecule has 0 amide bonds. The number of carbonyl (C=O) groups is 2. The van der Waals surface area contributed by atoms with E-state index in [-0.39, 0.29) is 31.0 Å². The molecule has 0 saturated heterocycles. The highest BCUT2D eigenvalue weighted by Crippen LogP contribution is 2.05. The zero-order valence-electron chi connectivity index (χ0n) is 9.44. The van der Waals surface area contributed by atoms with E-state index in [4.69, 9.17) is 4.74 Å². The van der Waals surface area contributed by atoms with Crippen molar-refractivity contribution in [3.05, 3.63) is 35.9 Å². The van der Waals surface area contributed by atoms with Crippen molar-refractivity contribution in [2.75, 3.05) is 13.2 Å². The van der Waals surface area contributed by atoms with Crippen molar-refractivity contribution in [3.8, 4) is 0 Å². The van der Waals surface area contributed by atoms with E-state index in [9.17, 15) is 9.59 Å². The summed E-state index contributed by atoms with van der Waals surface area (Å²) in [7, 11) is 0. The average molecular weight is 220 g/mol. The van der Waals surface area contributed by atoms with Crippen LogP contribution in [0, 0.1) is 0 Å². The van der Waals surface area contributed by atoms with Gasteiger partial charge in [-0.25, -0.2) is 0 Å². The van der Waals surface area contributed by atoms with Gasteiger partial charge in [-0.05, 0) is 6.92 Å². The molecular weight excluding hydrogens is 204 g/mol. The molecule has 16 heavy (non-hydrogen) atoms. The molecule has 0 spiro atoms. The van der Waals surface area contributed by atoms with Gasteiger partial charge in [-0.3, -0.25) is 9.59 Å². The lowest BCUT2D eigenvalue weighted by molar-refractivity contribution is -0.123. The molecule has 0 aliphatic heterocycles. The van der Waals surface area contributed by atoms with E-state index in [0.29, 0.717) is 12.2 Å². The zero-order chi connectivity index (χ0) is 11.8. The lowest BCUT2D eigenvalue weighted by Crippen LogP contribution is -2.10. The molecular formula is C13H16O3. The van der Waals surface area contributed by atoms with Gasteiger partial charge in [-0.2, -0.15) is 0 Å². The van der Waals surface area contributed by atoms with Crippen LogP contribution < -0.4 is 0 Å². The minimum Gasteiger partial charge on any atom is -0.374 e. The van der Waals surface area contributed by atoms with Gasteiger partial charge in [-0.1, -0.05) is 30.3 Å². The molecule has 1 rings (SSSR count). The van der Waals surface area contributed by atoms with E-state index >= 15 is 0 Å². The van der Waals surface area contributed by atoms with Gasteiger partial charge in [0.15, 0.2) is 11.6 Å². The minimum absolute atomic E-state index is 0.00504. The molecule has 86 valence electrons. The normalized spacial score (nSPS) is 10.1. The summed E-state index contributed by atoms with van der Waals surface area (Å²) < 4.78 is 4.97. The topological polar surface area (TPSA) is 43.4 Å². The monoisotopic (exact) mass is 220 g/mol. The Morgan fingerprint density at radius 1 is 1.12 bits per heavy atom. The number of carbonyl (C=O) groups excluding carboxylic acids is 2. The van der Waals surface area contributed by atoms with Gasteiger partial charge in [0.2, 0.25) is 0 Å². The van der Waals surface area contributed by atoms with Crippen molar-refractivity contribution in [1.29, 1.82) is 0 Å². The van der Waals surface area contributed by atoms with Crippen molar-refractivity contribution >= 4 is 11.6 Å². The van der Waals surface area contributed by atoms with Crippen LogP contribution >= 0.6 is 0 Å². The number of ether oxygens (including phenoxy) is 1. The van der Waals surface area contributed by atoms with Crippen LogP contribution in [0.3, 0.4) is 0 Å². The molecule has 3 heteroatoms. The second-order valence-corrected chi connectivity index (χ2v) is 3.47. The highest BCUT2D eigenvalue weighted by molar-refractivity contribution is 5.98. The number of Topliss-reactive ketones (excluding diaryl/α,β-unsaturated/α-hetero) is 2. The summed E-state index contributed by atoms with van der Waals surface area (Å²) in [5.41, 5.74) is 0.659. The third kappa shape index (κ3) is 4.36. The molecule has 0 radical (unpaired) electrons. The van der Waals surface area contributed by atoms with Crippen LogP contribution in [0.4, 0.5) is 0 Å². The molecule has 0 N–H and O–H groups in total. The third-order valence-electron chi connectivity index (χ3n) is 2.19. The lowest BCUT2D eigenvalue weighted by Gasteiger charge is -2.01.